The fourth-order valence-corrected chi connectivity index (χ4v) is 2.85. The lowest BCUT2D eigenvalue weighted by Gasteiger charge is -2.36. The molecule has 1 aliphatic heterocycles. The first kappa shape index (κ1) is 15.4. The Morgan fingerprint density at radius 1 is 1.35 bits per heavy atom. The Hall–Kier alpha value is -0.970. The fraction of sp³-hybridized carbons (Fsp3) is 0.625. The number of halogens is 1. The van der Waals surface area contributed by atoms with Gasteiger partial charge in [-0.05, 0) is 64.1 Å². The summed E-state index contributed by atoms with van der Waals surface area (Å²) in [5.74, 6) is -0.203. The molecule has 2 rings (SSSR count). The van der Waals surface area contributed by atoms with Crippen molar-refractivity contribution in [2.75, 3.05) is 33.7 Å². The molecule has 1 heterocycles. The van der Waals surface area contributed by atoms with Crippen molar-refractivity contribution in [2.24, 2.45) is 5.73 Å². The molecule has 0 spiro atoms. The minimum atomic E-state index is -0.203. The Labute approximate surface area is 121 Å². The first-order valence-corrected chi connectivity index (χ1v) is 7.46. The summed E-state index contributed by atoms with van der Waals surface area (Å²) in [7, 11) is 4.30. The largest absolute Gasteiger partial charge is 0.324 e. The van der Waals surface area contributed by atoms with E-state index in [1.54, 1.807) is 12.1 Å². The second-order valence-electron chi connectivity index (χ2n) is 6.01. The van der Waals surface area contributed by atoms with Gasteiger partial charge in [-0.15, -0.1) is 0 Å². The molecule has 0 aliphatic carbocycles. The average molecular weight is 279 g/mol. The van der Waals surface area contributed by atoms with Crippen LogP contribution in [0.4, 0.5) is 4.39 Å². The molecule has 20 heavy (non-hydrogen) atoms. The van der Waals surface area contributed by atoms with Crippen LogP contribution in [0.3, 0.4) is 0 Å². The number of nitrogens with zero attached hydrogens (tertiary/aromatic N) is 2. The summed E-state index contributed by atoms with van der Waals surface area (Å²) in [6.45, 7) is 3.31. The standard InChI is InChI=1S/C16H26FN3/c1-19(2)15-4-3-10-20(12-15)11-9-16(18)13-5-7-14(17)8-6-13/h5-8,15-16H,3-4,9-12,18H2,1-2H3. The van der Waals surface area contributed by atoms with E-state index in [0.717, 1.165) is 25.1 Å². The van der Waals surface area contributed by atoms with Crippen LogP contribution < -0.4 is 5.73 Å². The van der Waals surface area contributed by atoms with Gasteiger partial charge >= 0.3 is 0 Å². The first-order valence-electron chi connectivity index (χ1n) is 7.46. The minimum Gasteiger partial charge on any atom is -0.324 e. The summed E-state index contributed by atoms with van der Waals surface area (Å²) in [6.07, 6.45) is 3.47. The van der Waals surface area contributed by atoms with Crippen molar-refractivity contribution >= 4 is 0 Å². The summed E-state index contributed by atoms with van der Waals surface area (Å²) in [5, 5.41) is 0. The monoisotopic (exact) mass is 279 g/mol. The number of nitrogens with two attached hydrogens (primary N) is 1. The minimum absolute atomic E-state index is 0.00432. The van der Waals surface area contributed by atoms with Crippen molar-refractivity contribution in [3.8, 4) is 0 Å². The van der Waals surface area contributed by atoms with Crippen molar-refractivity contribution in [3.05, 3.63) is 35.6 Å². The Morgan fingerprint density at radius 2 is 2.05 bits per heavy atom. The van der Waals surface area contributed by atoms with Crippen LogP contribution in [-0.2, 0) is 0 Å². The maximum Gasteiger partial charge on any atom is 0.123 e. The molecule has 3 nitrogen and oxygen atoms in total. The van der Waals surface area contributed by atoms with Gasteiger partial charge in [-0.1, -0.05) is 12.1 Å². The highest BCUT2D eigenvalue weighted by Crippen LogP contribution is 2.18. The van der Waals surface area contributed by atoms with Crippen LogP contribution in [0.15, 0.2) is 24.3 Å². The van der Waals surface area contributed by atoms with E-state index < -0.39 is 0 Å². The molecule has 1 fully saturated rings. The lowest BCUT2D eigenvalue weighted by Crippen LogP contribution is -2.45. The third-order valence-electron chi connectivity index (χ3n) is 4.27. The second kappa shape index (κ2) is 7.16. The molecular weight excluding hydrogens is 253 g/mol. The van der Waals surface area contributed by atoms with Gasteiger partial charge in [-0.2, -0.15) is 0 Å². The smallest absolute Gasteiger partial charge is 0.123 e. The Kier molecular flexibility index (Phi) is 5.52. The normalized spacial score (nSPS) is 22.1. The molecule has 4 heteroatoms. The van der Waals surface area contributed by atoms with Crippen LogP contribution in [0.5, 0.6) is 0 Å². The molecule has 112 valence electrons. The Bertz CT molecular complexity index is 405. The van der Waals surface area contributed by atoms with Crippen molar-refractivity contribution in [1.29, 1.82) is 0 Å². The molecule has 0 amide bonds. The van der Waals surface area contributed by atoms with Gasteiger partial charge in [0.05, 0.1) is 0 Å². The SMILES string of the molecule is CN(C)C1CCCN(CCC(N)c2ccc(F)cc2)C1. The molecule has 0 bridgehead atoms. The highest BCUT2D eigenvalue weighted by atomic mass is 19.1. The zero-order chi connectivity index (χ0) is 14.5. The van der Waals surface area contributed by atoms with E-state index in [1.807, 2.05) is 0 Å². The molecule has 2 unspecified atom stereocenters. The molecule has 1 aromatic carbocycles. The summed E-state index contributed by atoms with van der Waals surface area (Å²) < 4.78 is 12.9. The van der Waals surface area contributed by atoms with Gasteiger partial charge in [0.25, 0.3) is 0 Å². The molecule has 0 aromatic heterocycles. The van der Waals surface area contributed by atoms with Crippen molar-refractivity contribution < 1.29 is 4.39 Å². The van der Waals surface area contributed by atoms with E-state index in [4.69, 9.17) is 5.73 Å². The van der Waals surface area contributed by atoms with Gasteiger partial charge in [0.1, 0.15) is 5.82 Å². The third-order valence-corrected chi connectivity index (χ3v) is 4.27. The highest BCUT2D eigenvalue weighted by Gasteiger charge is 2.21. The van der Waals surface area contributed by atoms with Gasteiger partial charge in [0.15, 0.2) is 0 Å². The summed E-state index contributed by atoms with van der Waals surface area (Å²) >= 11 is 0. The molecule has 0 radical (unpaired) electrons. The van der Waals surface area contributed by atoms with E-state index in [1.165, 1.54) is 31.5 Å². The zero-order valence-electron chi connectivity index (χ0n) is 12.6. The predicted octanol–water partition coefficient (Wildman–Crippen LogP) is 2.24. The van der Waals surface area contributed by atoms with Gasteiger partial charge < -0.3 is 15.5 Å². The quantitative estimate of drug-likeness (QED) is 0.897. The van der Waals surface area contributed by atoms with Crippen molar-refractivity contribution in [3.63, 3.8) is 0 Å². The van der Waals surface area contributed by atoms with E-state index in [-0.39, 0.29) is 11.9 Å². The third kappa shape index (κ3) is 4.27. The molecule has 0 saturated carbocycles. The van der Waals surface area contributed by atoms with E-state index in [0.29, 0.717) is 6.04 Å². The second-order valence-corrected chi connectivity index (χ2v) is 6.01. The fourth-order valence-electron chi connectivity index (χ4n) is 2.85. The number of hydrogen-bond donors (Lipinski definition) is 1. The van der Waals surface area contributed by atoms with Crippen LogP contribution >= 0.6 is 0 Å². The summed E-state index contributed by atoms with van der Waals surface area (Å²) in [5.41, 5.74) is 7.22. The van der Waals surface area contributed by atoms with Crippen LogP contribution in [-0.4, -0.2) is 49.6 Å². The van der Waals surface area contributed by atoms with Crippen LogP contribution in [0.1, 0.15) is 30.9 Å². The number of hydrogen-bond acceptors (Lipinski definition) is 3. The molecule has 1 saturated heterocycles. The number of piperidine rings is 1. The molecule has 2 atom stereocenters. The topological polar surface area (TPSA) is 32.5 Å². The lowest BCUT2D eigenvalue weighted by molar-refractivity contribution is 0.130. The number of likely N-dealkylation sites (N-methyl/N-ethyl adjacent to an activating group) is 1. The van der Waals surface area contributed by atoms with Gasteiger partial charge in [0, 0.05) is 18.6 Å². The first-order chi connectivity index (χ1) is 9.56. The van der Waals surface area contributed by atoms with Crippen LogP contribution in [0, 0.1) is 5.82 Å². The van der Waals surface area contributed by atoms with Crippen molar-refractivity contribution in [1.82, 2.24) is 9.80 Å². The van der Waals surface area contributed by atoms with E-state index >= 15 is 0 Å². The number of rotatable bonds is 5. The van der Waals surface area contributed by atoms with Gasteiger partial charge in [-0.25, -0.2) is 4.39 Å². The Balaban J connectivity index is 1.81. The Morgan fingerprint density at radius 3 is 2.70 bits per heavy atom. The lowest BCUT2D eigenvalue weighted by atomic mass is 10.0. The maximum absolute atomic E-state index is 12.9. The van der Waals surface area contributed by atoms with Crippen LogP contribution in [0.25, 0.3) is 0 Å². The zero-order valence-corrected chi connectivity index (χ0v) is 12.6. The molecule has 1 aliphatic rings. The maximum atomic E-state index is 12.9. The summed E-state index contributed by atoms with van der Waals surface area (Å²) in [6, 6.07) is 7.20. The number of benzene rings is 1. The molecule has 2 N–H and O–H groups in total. The van der Waals surface area contributed by atoms with Crippen molar-refractivity contribution in [2.45, 2.75) is 31.3 Å². The molecule has 1 aromatic rings. The van der Waals surface area contributed by atoms with E-state index in [2.05, 4.69) is 23.9 Å². The van der Waals surface area contributed by atoms with Gasteiger partial charge in [-0.3, -0.25) is 0 Å². The predicted molar refractivity (Wildman–Crippen MR) is 81.1 cm³/mol. The van der Waals surface area contributed by atoms with Crippen LogP contribution in [0.2, 0.25) is 0 Å². The van der Waals surface area contributed by atoms with Gasteiger partial charge in [0.2, 0.25) is 0 Å². The summed E-state index contributed by atoms with van der Waals surface area (Å²) in [4.78, 5) is 4.81. The number of likely N-dealkylation sites (tertiary alicyclic amines) is 1. The van der Waals surface area contributed by atoms with E-state index in [9.17, 15) is 4.39 Å². The average Bonchev–Trinajstić information content (AvgIpc) is 2.46. The molecular formula is C16H26FN3. The highest BCUT2D eigenvalue weighted by molar-refractivity contribution is 5.19.